The summed E-state index contributed by atoms with van der Waals surface area (Å²) in [6, 6.07) is 12.5. The van der Waals surface area contributed by atoms with Crippen LogP contribution in [0.4, 0.5) is 0 Å². The Balaban J connectivity index is 1.50. The Morgan fingerprint density at radius 2 is 2.00 bits per heavy atom. The second kappa shape index (κ2) is 7.36. The highest BCUT2D eigenvalue weighted by Crippen LogP contribution is 2.32. The van der Waals surface area contributed by atoms with Crippen LogP contribution >= 0.6 is 0 Å². The number of hydrogen-bond acceptors (Lipinski definition) is 6. The van der Waals surface area contributed by atoms with Gasteiger partial charge in [-0.05, 0) is 35.9 Å². The molecule has 0 radical (unpaired) electrons. The number of para-hydroxylation sites is 2. The van der Waals surface area contributed by atoms with E-state index in [1.54, 1.807) is 30.3 Å². The highest BCUT2D eigenvalue weighted by molar-refractivity contribution is 5.83. The standard InChI is InChI=1S/C17H16N2O5/c1-21-13-4-2-3-5-14(13)22-10-17(20)19-18-9-12-6-7-15-16(8-12)24-11-23-15/h2-9H,10-11H2,1H3,(H,19,20)/b18-9-. The molecule has 1 N–H and O–H groups in total. The van der Waals surface area contributed by atoms with Gasteiger partial charge in [0.05, 0.1) is 13.3 Å². The van der Waals surface area contributed by atoms with Crippen LogP contribution in [-0.2, 0) is 4.79 Å². The highest BCUT2D eigenvalue weighted by Gasteiger charge is 2.12. The van der Waals surface area contributed by atoms with Gasteiger partial charge in [-0.1, -0.05) is 12.1 Å². The first-order valence-electron chi connectivity index (χ1n) is 7.23. The third-order valence-corrected chi connectivity index (χ3v) is 3.23. The van der Waals surface area contributed by atoms with Crippen molar-refractivity contribution in [3.63, 3.8) is 0 Å². The van der Waals surface area contributed by atoms with Gasteiger partial charge in [0.25, 0.3) is 5.91 Å². The molecule has 0 saturated heterocycles. The lowest BCUT2D eigenvalue weighted by atomic mass is 10.2. The Morgan fingerprint density at radius 3 is 2.83 bits per heavy atom. The van der Waals surface area contributed by atoms with Crippen molar-refractivity contribution in [3.05, 3.63) is 48.0 Å². The van der Waals surface area contributed by atoms with E-state index in [0.717, 1.165) is 5.56 Å². The van der Waals surface area contributed by atoms with E-state index in [2.05, 4.69) is 10.5 Å². The van der Waals surface area contributed by atoms with E-state index in [9.17, 15) is 4.79 Å². The zero-order valence-electron chi connectivity index (χ0n) is 13.0. The van der Waals surface area contributed by atoms with Gasteiger partial charge in [0, 0.05) is 0 Å². The summed E-state index contributed by atoms with van der Waals surface area (Å²) in [4.78, 5) is 11.8. The first-order chi connectivity index (χ1) is 11.8. The largest absolute Gasteiger partial charge is 0.493 e. The maximum absolute atomic E-state index is 11.8. The average molecular weight is 328 g/mol. The number of hydrogen-bond donors (Lipinski definition) is 1. The summed E-state index contributed by atoms with van der Waals surface area (Å²) in [5.74, 6) is 2.04. The Hall–Kier alpha value is -3.22. The molecule has 7 heteroatoms. The predicted molar refractivity (Wildman–Crippen MR) is 86.8 cm³/mol. The summed E-state index contributed by atoms with van der Waals surface area (Å²) in [5, 5.41) is 3.89. The van der Waals surface area contributed by atoms with Crippen molar-refractivity contribution in [2.45, 2.75) is 0 Å². The van der Waals surface area contributed by atoms with E-state index >= 15 is 0 Å². The van der Waals surface area contributed by atoms with Crippen LogP contribution in [0.2, 0.25) is 0 Å². The van der Waals surface area contributed by atoms with Crippen LogP contribution in [0.25, 0.3) is 0 Å². The molecule has 1 aliphatic rings. The van der Waals surface area contributed by atoms with E-state index in [4.69, 9.17) is 18.9 Å². The normalized spacial score (nSPS) is 12.2. The first kappa shape index (κ1) is 15.7. The Morgan fingerprint density at radius 1 is 1.21 bits per heavy atom. The maximum atomic E-state index is 11.8. The Labute approximate surface area is 138 Å². The molecule has 7 nitrogen and oxygen atoms in total. The lowest BCUT2D eigenvalue weighted by molar-refractivity contribution is -0.123. The van der Waals surface area contributed by atoms with E-state index in [0.29, 0.717) is 23.0 Å². The molecule has 24 heavy (non-hydrogen) atoms. The number of nitrogens with zero attached hydrogens (tertiary/aromatic N) is 1. The van der Waals surface area contributed by atoms with Crippen molar-refractivity contribution in [1.82, 2.24) is 5.43 Å². The summed E-state index contributed by atoms with van der Waals surface area (Å²) < 4.78 is 21.0. The van der Waals surface area contributed by atoms with Crippen LogP contribution in [0.15, 0.2) is 47.6 Å². The van der Waals surface area contributed by atoms with E-state index in [1.165, 1.54) is 13.3 Å². The van der Waals surface area contributed by atoms with Crippen molar-refractivity contribution in [3.8, 4) is 23.0 Å². The van der Waals surface area contributed by atoms with Crippen LogP contribution in [0.3, 0.4) is 0 Å². The number of methoxy groups -OCH3 is 1. The minimum atomic E-state index is -0.377. The van der Waals surface area contributed by atoms with E-state index in [1.807, 2.05) is 12.1 Å². The quantitative estimate of drug-likeness (QED) is 0.648. The molecule has 1 heterocycles. The number of fused-ring (bicyclic) bond motifs is 1. The molecule has 1 aliphatic heterocycles. The molecule has 2 aromatic carbocycles. The lowest BCUT2D eigenvalue weighted by Gasteiger charge is -2.09. The average Bonchev–Trinajstić information content (AvgIpc) is 3.08. The highest BCUT2D eigenvalue weighted by atomic mass is 16.7. The fraction of sp³-hybridized carbons (Fsp3) is 0.176. The zero-order valence-corrected chi connectivity index (χ0v) is 13.0. The molecule has 0 aliphatic carbocycles. The van der Waals surface area contributed by atoms with Crippen LogP contribution in [0, 0.1) is 0 Å². The summed E-state index contributed by atoms with van der Waals surface area (Å²) in [7, 11) is 1.54. The molecular formula is C17H16N2O5. The molecular weight excluding hydrogens is 312 g/mol. The van der Waals surface area contributed by atoms with Crippen molar-refractivity contribution in [2.24, 2.45) is 5.10 Å². The van der Waals surface area contributed by atoms with Gasteiger partial charge in [-0.3, -0.25) is 4.79 Å². The second-order valence-corrected chi connectivity index (χ2v) is 4.85. The van der Waals surface area contributed by atoms with Gasteiger partial charge in [0.15, 0.2) is 29.6 Å². The number of rotatable bonds is 6. The van der Waals surface area contributed by atoms with Gasteiger partial charge < -0.3 is 18.9 Å². The van der Waals surface area contributed by atoms with E-state index in [-0.39, 0.29) is 19.3 Å². The molecule has 2 aromatic rings. The minimum Gasteiger partial charge on any atom is -0.493 e. The van der Waals surface area contributed by atoms with Crippen LogP contribution in [-0.4, -0.2) is 32.6 Å². The fourth-order valence-electron chi connectivity index (χ4n) is 2.09. The zero-order chi connectivity index (χ0) is 16.8. The van der Waals surface area contributed by atoms with Gasteiger partial charge in [-0.15, -0.1) is 0 Å². The van der Waals surface area contributed by atoms with Gasteiger partial charge in [-0.2, -0.15) is 5.10 Å². The number of hydrazone groups is 1. The predicted octanol–water partition coefficient (Wildman–Crippen LogP) is 1.95. The third kappa shape index (κ3) is 3.75. The lowest BCUT2D eigenvalue weighted by Crippen LogP contribution is -2.24. The number of amides is 1. The summed E-state index contributed by atoms with van der Waals surface area (Å²) >= 11 is 0. The molecule has 0 aromatic heterocycles. The Bertz CT molecular complexity index is 760. The van der Waals surface area contributed by atoms with Gasteiger partial charge in [0.1, 0.15) is 0 Å². The van der Waals surface area contributed by atoms with Gasteiger partial charge >= 0.3 is 0 Å². The second-order valence-electron chi connectivity index (χ2n) is 4.85. The topological polar surface area (TPSA) is 78.4 Å². The third-order valence-electron chi connectivity index (χ3n) is 3.23. The van der Waals surface area contributed by atoms with Gasteiger partial charge in [-0.25, -0.2) is 5.43 Å². The van der Waals surface area contributed by atoms with Crippen LogP contribution in [0.5, 0.6) is 23.0 Å². The molecule has 0 bridgehead atoms. The molecule has 1 amide bonds. The maximum Gasteiger partial charge on any atom is 0.277 e. The summed E-state index contributed by atoms with van der Waals surface area (Å²) in [5.41, 5.74) is 3.18. The van der Waals surface area contributed by atoms with Crippen molar-refractivity contribution < 1.29 is 23.7 Å². The molecule has 0 unspecified atom stereocenters. The van der Waals surface area contributed by atoms with Gasteiger partial charge in [0.2, 0.25) is 6.79 Å². The monoisotopic (exact) mass is 328 g/mol. The first-order valence-corrected chi connectivity index (χ1v) is 7.23. The molecule has 0 atom stereocenters. The van der Waals surface area contributed by atoms with Crippen LogP contribution < -0.4 is 24.4 Å². The van der Waals surface area contributed by atoms with Crippen molar-refractivity contribution in [1.29, 1.82) is 0 Å². The van der Waals surface area contributed by atoms with Crippen molar-refractivity contribution >= 4 is 12.1 Å². The fourth-order valence-corrected chi connectivity index (χ4v) is 2.09. The molecule has 3 rings (SSSR count). The number of carbonyl (C=O) groups excluding carboxylic acids is 1. The number of carbonyl (C=O) groups is 1. The van der Waals surface area contributed by atoms with E-state index < -0.39 is 0 Å². The summed E-state index contributed by atoms with van der Waals surface area (Å²) in [6.45, 7) is 0.0474. The van der Waals surface area contributed by atoms with Crippen molar-refractivity contribution in [2.75, 3.05) is 20.5 Å². The Kier molecular flexibility index (Phi) is 4.81. The summed E-state index contributed by atoms with van der Waals surface area (Å²) in [6.07, 6.45) is 1.52. The number of ether oxygens (including phenoxy) is 4. The molecule has 0 saturated carbocycles. The SMILES string of the molecule is COc1ccccc1OCC(=O)N/N=C\c1ccc2c(c1)OCO2. The minimum absolute atomic E-state index is 0.168. The molecule has 0 spiro atoms. The number of benzene rings is 2. The molecule has 124 valence electrons. The van der Waals surface area contributed by atoms with Crippen LogP contribution in [0.1, 0.15) is 5.56 Å². The molecule has 0 fully saturated rings. The number of nitrogens with one attached hydrogen (secondary N) is 1. The smallest absolute Gasteiger partial charge is 0.277 e.